The molecule has 1 amide bonds. The quantitative estimate of drug-likeness (QED) is 0.279. The van der Waals surface area contributed by atoms with Crippen LogP contribution in [0.2, 0.25) is 0 Å². The van der Waals surface area contributed by atoms with E-state index in [4.69, 9.17) is 15.2 Å². The minimum Gasteiger partial charge on any atom is -0.494 e. The summed E-state index contributed by atoms with van der Waals surface area (Å²) in [5, 5.41) is 0. The number of alkyl halides is 2. The summed E-state index contributed by atoms with van der Waals surface area (Å²) in [6.45, 7) is 1.52. The Kier molecular flexibility index (Phi) is 9.96. The largest absolute Gasteiger partial charge is 0.494 e. The number of rotatable bonds is 14. The Hall–Kier alpha value is -2.81. The van der Waals surface area contributed by atoms with Crippen molar-refractivity contribution in [2.75, 3.05) is 20.3 Å². The first-order chi connectivity index (χ1) is 15.6. The molecule has 0 fully saturated rings. The van der Waals surface area contributed by atoms with E-state index < -0.39 is 29.2 Å². The standard InChI is InChI=1S/C24H29F4NO4/c1-24(27,28)33-18-10-8-17(9-11-18)32-15-4-3-6-16(7-5-14-31-2)19-12-13-20(25)21(22(19)26)23(29)30/h8-13,16H,3-7,14-15H2,1-2H3,(H2,29,30). The zero-order chi connectivity index (χ0) is 24.4. The normalized spacial score (nSPS) is 12.4. The molecule has 9 heteroatoms. The number of methoxy groups -OCH3 is 1. The summed E-state index contributed by atoms with van der Waals surface area (Å²) in [4.78, 5) is 11.5. The van der Waals surface area contributed by atoms with Crippen LogP contribution in [0.5, 0.6) is 11.5 Å². The third kappa shape index (κ3) is 8.57. The molecule has 1 atom stereocenters. The molecule has 2 N–H and O–H groups in total. The molecule has 0 radical (unpaired) electrons. The lowest BCUT2D eigenvalue weighted by Gasteiger charge is -2.19. The van der Waals surface area contributed by atoms with Crippen molar-refractivity contribution in [3.05, 3.63) is 59.2 Å². The van der Waals surface area contributed by atoms with Crippen molar-refractivity contribution in [2.45, 2.75) is 51.1 Å². The van der Waals surface area contributed by atoms with Crippen LogP contribution < -0.4 is 15.2 Å². The average molecular weight is 471 g/mol. The van der Waals surface area contributed by atoms with E-state index in [1.54, 1.807) is 7.11 Å². The number of carbonyl (C=O) groups excluding carboxylic acids is 1. The first-order valence-electron chi connectivity index (χ1n) is 10.7. The molecule has 0 spiro atoms. The van der Waals surface area contributed by atoms with Gasteiger partial charge >= 0.3 is 6.11 Å². The first-order valence-corrected chi connectivity index (χ1v) is 10.7. The van der Waals surface area contributed by atoms with Gasteiger partial charge in [0.1, 0.15) is 28.7 Å². The van der Waals surface area contributed by atoms with Crippen molar-refractivity contribution in [3.8, 4) is 11.5 Å². The molecule has 2 aromatic carbocycles. The van der Waals surface area contributed by atoms with E-state index in [2.05, 4.69) is 4.74 Å². The van der Waals surface area contributed by atoms with Crippen LogP contribution in [-0.2, 0) is 4.74 Å². The Bertz CT molecular complexity index is 901. The third-order valence-electron chi connectivity index (χ3n) is 5.04. The van der Waals surface area contributed by atoms with E-state index in [-0.39, 0.29) is 17.2 Å². The molecule has 2 rings (SSSR count). The summed E-state index contributed by atoms with van der Waals surface area (Å²) >= 11 is 0. The number of halogens is 4. The lowest BCUT2D eigenvalue weighted by Crippen LogP contribution is -2.18. The maximum Gasteiger partial charge on any atom is 0.394 e. The predicted molar refractivity (Wildman–Crippen MR) is 116 cm³/mol. The Labute approximate surface area is 190 Å². The van der Waals surface area contributed by atoms with Gasteiger partial charge in [-0.1, -0.05) is 6.07 Å². The number of hydrogen-bond donors (Lipinski definition) is 1. The molecule has 2 aromatic rings. The monoisotopic (exact) mass is 471 g/mol. The minimum atomic E-state index is -3.26. The fourth-order valence-corrected chi connectivity index (χ4v) is 3.53. The number of carbonyl (C=O) groups is 1. The summed E-state index contributed by atoms with van der Waals surface area (Å²) in [5.41, 5.74) is 4.67. The van der Waals surface area contributed by atoms with Gasteiger partial charge in [-0.25, -0.2) is 8.78 Å². The van der Waals surface area contributed by atoms with Crippen molar-refractivity contribution in [3.63, 3.8) is 0 Å². The molecular weight excluding hydrogens is 442 g/mol. The molecule has 0 saturated heterocycles. The molecule has 0 aliphatic rings. The summed E-state index contributed by atoms with van der Waals surface area (Å²) in [7, 11) is 1.57. The number of nitrogens with two attached hydrogens (primary N) is 1. The average Bonchev–Trinajstić information content (AvgIpc) is 2.72. The van der Waals surface area contributed by atoms with E-state index in [9.17, 15) is 22.4 Å². The fraction of sp³-hybridized carbons (Fsp3) is 0.458. The highest BCUT2D eigenvalue weighted by atomic mass is 19.3. The number of hydrogen-bond acceptors (Lipinski definition) is 4. The van der Waals surface area contributed by atoms with E-state index in [0.29, 0.717) is 58.0 Å². The van der Waals surface area contributed by atoms with Crippen molar-refractivity contribution >= 4 is 5.91 Å². The Balaban J connectivity index is 1.92. The Morgan fingerprint density at radius 3 is 2.21 bits per heavy atom. The summed E-state index contributed by atoms with van der Waals surface area (Å²) in [6, 6.07) is 8.28. The summed E-state index contributed by atoms with van der Waals surface area (Å²) in [6.07, 6.45) is -0.0671. The SMILES string of the molecule is COCCCC(CCCCOc1ccc(OC(C)(F)F)cc1)c1ccc(F)c(C(N)=O)c1F. The van der Waals surface area contributed by atoms with E-state index in [1.165, 1.54) is 30.3 Å². The van der Waals surface area contributed by atoms with Gasteiger partial charge in [0.15, 0.2) is 0 Å². The van der Waals surface area contributed by atoms with Gasteiger partial charge in [-0.05, 0) is 73.9 Å². The molecule has 0 aliphatic carbocycles. The van der Waals surface area contributed by atoms with Crippen molar-refractivity contribution < 1.29 is 36.6 Å². The van der Waals surface area contributed by atoms with Crippen LogP contribution in [0.15, 0.2) is 36.4 Å². The highest BCUT2D eigenvalue weighted by molar-refractivity contribution is 5.93. The highest BCUT2D eigenvalue weighted by Crippen LogP contribution is 2.31. The number of amides is 1. The number of benzene rings is 2. The Morgan fingerprint density at radius 1 is 0.970 bits per heavy atom. The third-order valence-corrected chi connectivity index (χ3v) is 5.04. The lowest BCUT2D eigenvalue weighted by atomic mass is 9.88. The molecule has 5 nitrogen and oxygen atoms in total. The van der Waals surface area contributed by atoms with Crippen LogP contribution in [0.25, 0.3) is 0 Å². The van der Waals surface area contributed by atoms with Gasteiger partial charge in [-0.15, -0.1) is 0 Å². The van der Waals surface area contributed by atoms with Crippen molar-refractivity contribution in [2.24, 2.45) is 5.73 Å². The molecule has 0 aliphatic heterocycles. The Morgan fingerprint density at radius 2 is 1.61 bits per heavy atom. The van der Waals surface area contributed by atoms with Crippen LogP contribution >= 0.6 is 0 Å². The van der Waals surface area contributed by atoms with Crippen LogP contribution in [0, 0.1) is 11.6 Å². The smallest absolute Gasteiger partial charge is 0.394 e. The van der Waals surface area contributed by atoms with E-state index >= 15 is 0 Å². The number of primary amides is 1. The molecule has 0 saturated carbocycles. The number of ether oxygens (including phenoxy) is 3. The van der Waals surface area contributed by atoms with Gasteiger partial charge in [0.05, 0.1) is 6.61 Å². The van der Waals surface area contributed by atoms with Crippen molar-refractivity contribution in [1.29, 1.82) is 0 Å². The topological polar surface area (TPSA) is 70.8 Å². The summed E-state index contributed by atoms with van der Waals surface area (Å²) < 4.78 is 69.6. The first kappa shape index (κ1) is 26.4. The maximum absolute atomic E-state index is 14.8. The van der Waals surface area contributed by atoms with Crippen LogP contribution in [0.4, 0.5) is 17.6 Å². The second-order valence-electron chi connectivity index (χ2n) is 7.75. The number of unbranched alkanes of at least 4 members (excludes halogenated alkanes) is 1. The highest BCUT2D eigenvalue weighted by Gasteiger charge is 2.24. The van der Waals surface area contributed by atoms with Gasteiger partial charge < -0.3 is 19.9 Å². The van der Waals surface area contributed by atoms with Gasteiger partial charge in [-0.2, -0.15) is 8.78 Å². The fourth-order valence-electron chi connectivity index (χ4n) is 3.53. The summed E-state index contributed by atoms with van der Waals surface area (Å²) in [5.74, 6) is -2.74. The van der Waals surface area contributed by atoms with E-state index in [1.807, 2.05) is 0 Å². The molecule has 0 bridgehead atoms. The predicted octanol–water partition coefficient (Wildman–Crippen LogP) is 5.81. The molecule has 182 valence electrons. The molecule has 1 unspecified atom stereocenters. The molecule has 0 heterocycles. The van der Waals surface area contributed by atoms with Gasteiger partial charge in [-0.3, -0.25) is 4.79 Å². The molecular formula is C24H29F4NO4. The van der Waals surface area contributed by atoms with Gasteiger partial charge in [0, 0.05) is 20.6 Å². The van der Waals surface area contributed by atoms with Crippen molar-refractivity contribution in [1.82, 2.24) is 0 Å². The maximum atomic E-state index is 14.8. The van der Waals surface area contributed by atoms with Gasteiger partial charge in [0.2, 0.25) is 0 Å². The lowest BCUT2D eigenvalue weighted by molar-refractivity contribution is -0.158. The zero-order valence-electron chi connectivity index (χ0n) is 18.7. The zero-order valence-corrected chi connectivity index (χ0v) is 18.7. The minimum absolute atomic E-state index is 0.0328. The van der Waals surface area contributed by atoms with Gasteiger partial charge in [0.25, 0.3) is 5.91 Å². The molecule has 0 aromatic heterocycles. The van der Waals surface area contributed by atoms with E-state index in [0.717, 1.165) is 6.07 Å². The molecule has 33 heavy (non-hydrogen) atoms. The van der Waals surface area contributed by atoms with Crippen LogP contribution in [-0.4, -0.2) is 32.3 Å². The second-order valence-corrected chi connectivity index (χ2v) is 7.75. The van der Waals surface area contributed by atoms with Crippen LogP contribution in [0.3, 0.4) is 0 Å². The van der Waals surface area contributed by atoms with Crippen LogP contribution in [0.1, 0.15) is 60.9 Å². The second kappa shape index (κ2) is 12.4.